The molecule has 1 saturated heterocycles. The fraction of sp³-hybridized carbons (Fsp3) is 0.304. The molecule has 0 spiro atoms. The summed E-state index contributed by atoms with van der Waals surface area (Å²) in [6, 6.07) is 12.7. The Morgan fingerprint density at radius 2 is 1.73 bits per heavy atom. The first-order valence-corrected chi connectivity index (χ1v) is 10.5. The molecule has 158 valence electrons. The van der Waals surface area contributed by atoms with Gasteiger partial charge in [-0.25, -0.2) is 9.59 Å². The fourth-order valence-corrected chi connectivity index (χ4v) is 3.35. The first-order valence-electron chi connectivity index (χ1n) is 9.34. The highest BCUT2D eigenvalue weighted by atomic mass is 79.9. The summed E-state index contributed by atoms with van der Waals surface area (Å²) in [7, 11) is 0. The van der Waals surface area contributed by atoms with Crippen molar-refractivity contribution in [3.63, 3.8) is 0 Å². The summed E-state index contributed by atoms with van der Waals surface area (Å²) in [6.07, 6.45) is 1.44. The highest BCUT2D eigenvalue weighted by Crippen LogP contribution is 2.39. The van der Waals surface area contributed by atoms with Crippen molar-refractivity contribution >= 4 is 45.5 Å². The smallest absolute Gasteiger partial charge is 0.348 e. The minimum Gasteiger partial charge on any atom is -0.488 e. The van der Waals surface area contributed by atoms with Crippen molar-refractivity contribution in [3.05, 3.63) is 68.7 Å². The topological polar surface area (TPSA) is 61.8 Å². The third-order valence-electron chi connectivity index (χ3n) is 4.99. The van der Waals surface area contributed by atoms with Crippen molar-refractivity contribution in [2.24, 2.45) is 5.41 Å². The number of benzene rings is 2. The highest BCUT2D eigenvalue weighted by molar-refractivity contribution is 9.10. The maximum atomic E-state index is 12.5. The van der Waals surface area contributed by atoms with Crippen molar-refractivity contribution in [1.82, 2.24) is 0 Å². The predicted octanol–water partition coefficient (Wildman–Crippen LogP) is 5.93. The van der Waals surface area contributed by atoms with E-state index in [4.69, 9.17) is 25.8 Å². The fourth-order valence-electron chi connectivity index (χ4n) is 2.65. The van der Waals surface area contributed by atoms with Gasteiger partial charge in [-0.2, -0.15) is 0 Å². The molecule has 3 rings (SSSR count). The number of carbonyl (C=O) groups excluding carboxylic acids is 2. The molecule has 0 aromatic heterocycles. The van der Waals surface area contributed by atoms with Crippen molar-refractivity contribution in [3.8, 4) is 5.75 Å². The van der Waals surface area contributed by atoms with E-state index in [1.54, 1.807) is 31.2 Å². The lowest BCUT2D eigenvalue weighted by Crippen LogP contribution is -2.52. The van der Waals surface area contributed by atoms with E-state index in [-0.39, 0.29) is 5.57 Å². The van der Waals surface area contributed by atoms with Crippen LogP contribution in [0.4, 0.5) is 0 Å². The summed E-state index contributed by atoms with van der Waals surface area (Å²) in [5.74, 6) is -2.14. The second-order valence-corrected chi connectivity index (χ2v) is 9.36. The molecule has 0 aliphatic carbocycles. The third kappa shape index (κ3) is 4.71. The number of esters is 2. The molecule has 0 N–H and O–H groups in total. The molecule has 1 aliphatic heterocycles. The van der Waals surface area contributed by atoms with E-state index in [0.717, 1.165) is 5.56 Å². The van der Waals surface area contributed by atoms with Crippen LogP contribution in [0.2, 0.25) is 5.02 Å². The molecule has 0 saturated carbocycles. The molecule has 2 aromatic carbocycles. The Bertz CT molecular complexity index is 1000. The minimum absolute atomic E-state index is 0.159. The summed E-state index contributed by atoms with van der Waals surface area (Å²) in [6.45, 7) is 7.40. The van der Waals surface area contributed by atoms with Gasteiger partial charge in [0, 0.05) is 22.9 Å². The van der Waals surface area contributed by atoms with Crippen molar-refractivity contribution in [2.45, 2.75) is 40.1 Å². The molecule has 2 aromatic rings. The van der Waals surface area contributed by atoms with Crippen LogP contribution in [0.5, 0.6) is 5.75 Å². The average molecular weight is 494 g/mol. The zero-order chi connectivity index (χ0) is 22.1. The molecule has 1 heterocycles. The summed E-state index contributed by atoms with van der Waals surface area (Å²) in [4.78, 5) is 24.9. The van der Waals surface area contributed by atoms with Gasteiger partial charge in [-0.1, -0.05) is 56.6 Å². The van der Waals surface area contributed by atoms with Gasteiger partial charge in [0.25, 0.3) is 5.79 Å². The molecule has 0 bridgehead atoms. The Hall–Kier alpha value is -2.31. The lowest BCUT2D eigenvalue weighted by atomic mass is 9.85. The third-order valence-corrected chi connectivity index (χ3v) is 5.97. The number of carbonyl (C=O) groups is 2. The maximum absolute atomic E-state index is 12.5. The van der Waals surface area contributed by atoms with Gasteiger partial charge in [-0.3, -0.25) is 0 Å². The van der Waals surface area contributed by atoms with E-state index >= 15 is 0 Å². The molecule has 1 aliphatic rings. The second-order valence-electron chi connectivity index (χ2n) is 8.10. The van der Waals surface area contributed by atoms with Gasteiger partial charge in [0.05, 0.1) is 4.47 Å². The predicted molar refractivity (Wildman–Crippen MR) is 118 cm³/mol. The van der Waals surface area contributed by atoms with Crippen LogP contribution >= 0.6 is 27.5 Å². The summed E-state index contributed by atoms with van der Waals surface area (Å²) in [5.41, 5.74) is 0.767. The quantitative estimate of drug-likeness (QED) is 0.300. The standard InChI is InChI=1S/C23H22BrClO5/c1-22(2,3)23(4)29-20(26)16(21(27)30-23)11-14-9-10-19(17(24)12-14)28-13-15-7-5-6-8-18(15)25/h5-12H,13H2,1-4H3. The summed E-state index contributed by atoms with van der Waals surface area (Å²) in [5, 5.41) is 0.631. The molecular weight excluding hydrogens is 472 g/mol. The van der Waals surface area contributed by atoms with Crippen LogP contribution in [0.3, 0.4) is 0 Å². The SMILES string of the molecule is CC(C)(C)C1(C)OC(=O)C(=Cc2ccc(OCc3ccccc3Cl)c(Br)c2)C(=O)O1. The van der Waals surface area contributed by atoms with E-state index in [9.17, 15) is 9.59 Å². The number of halogens is 2. The molecule has 30 heavy (non-hydrogen) atoms. The molecule has 0 atom stereocenters. The van der Waals surface area contributed by atoms with Crippen LogP contribution in [0, 0.1) is 5.41 Å². The summed E-state index contributed by atoms with van der Waals surface area (Å²) < 4.78 is 17.4. The van der Waals surface area contributed by atoms with E-state index in [2.05, 4.69) is 15.9 Å². The Balaban J connectivity index is 1.77. The van der Waals surface area contributed by atoms with Gasteiger partial charge in [-0.15, -0.1) is 0 Å². The van der Waals surface area contributed by atoms with E-state index < -0.39 is 23.1 Å². The van der Waals surface area contributed by atoms with Crippen molar-refractivity contribution < 1.29 is 23.8 Å². The number of rotatable bonds is 4. The molecule has 0 radical (unpaired) electrons. The lowest BCUT2D eigenvalue weighted by Gasteiger charge is -2.42. The van der Waals surface area contributed by atoms with E-state index in [1.807, 2.05) is 39.0 Å². The molecular formula is C23H22BrClO5. The van der Waals surface area contributed by atoms with Crippen LogP contribution in [0.15, 0.2) is 52.5 Å². The van der Waals surface area contributed by atoms with Gasteiger partial charge in [-0.05, 0) is 45.8 Å². The number of ether oxygens (including phenoxy) is 3. The van der Waals surface area contributed by atoms with Gasteiger partial charge in [0.1, 0.15) is 17.9 Å². The van der Waals surface area contributed by atoms with E-state index in [1.165, 1.54) is 6.08 Å². The number of hydrogen-bond acceptors (Lipinski definition) is 5. The van der Waals surface area contributed by atoms with Crippen LogP contribution in [0.1, 0.15) is 38.8 Å². The van der Waals surface area contributed by atoms with Crippen LogP contribution in [0.25, 0.3) is 6.08 Å². The Morgan fingerprint density at radius 3 is 2.30 bits per heavy atom. The van der Waals surface area contributed by atoms with Crippen LogP contribution in [-0.4, -0.2) is 17.7 Å². The Morgan fingerprint density at radius 1 is 1.10 bits per heavy atom. The first kappa shape index (κ1) is 22.4. The number of cyclic esters (lactones) is 2. The largest absolute Gasteiger partial charge is 0.488 e. The summed E-state index contributed by atoms with van der Waals surface area (Å²) >= 11 is 9.61. The molecule has 0 amide bonds. The van der Waals surface area contributed by atoms with Gasteiger partial charge < -0.3 is 14.2 Å². The second kappa shape index (κ2) is 8.44. The minimum atomic E-state index is -1.32. The van der Waals surface area contributed by atoms with Gasteiger partial charge in [0.15, 0.2) is 0 Å². The van der Waals surface area contributed by atoms with Crippen molar-refractivity contribution in [1.29, 1.82) is 0 Å². The van der Waals surface area contributed by atoms with Crippen LogP contribution in [-0.2, 0) is 25.7 Å². The monoisotopic (exact) mass is 492 g/mol. The Kier molecular flexibility index (Phi) is 6.29. The van der Waals surface area contributed by atoms with E-state index in [0.29, 0.717) is 27.4 Å². The molecule has 5 nitrogen and oxygen atoms in total. The average Bonchev–Trinajstić information content (AvgIpc) is 2.64. The lowest BCUT2D eigenvalue weighted by molar-refractivity contribution is -0.261. The zero-order valence-electron chi connectivity index (χ0n) is 17.1. The molecule has 1 fully saturated rings. The molecule has 7 heteroatoms. The normalized spacial score (nSPS) is 19.2. The van der Waals surface area contributed by atoms with Gasteiger partial charge in [0.2, 0.25) is 0 Å². The maximum Gasteiger partial charge on any atom is 0.348 e. The zero-order valence-corrected chi connectivity index (χ0v) is 19.5. The Labute approximate surface area is 189 Å². The molecule has 0 unspecified atom stereocenters. The first-order chi connectivity index (χ1) is 14.0. The van der Waals surface area contributed by atoms with Crippen molar-refractivity contribution in [2.75, 3.05) is 0 Å². The van der Waals surface area contributed by atoms with Crippen LogP contribution < -0.4 is 4.74 Å². The number of hydrogen-bond donors (Lipinski definition) is 0. The highest BCUT2D eigenvalue weighted by Gasteiger charge is 2.50. The van der Waals surface area contributed by atoms with Gasteiger partial charge >= 0.3 is 11.9 Å².